The summed E-state index contributed by atoms with van der Waals surface area (Å²) in [5, 5.41) is 7.29. The maximum atomic E-state index is 12.5. The molecule has 2 fully saturated rings. The summed E-state index contributed by atoms with van der Waals surface area (Å²) in [7, 11) is 0. The number of carbonyl (C=O) groups excluding carboxylic acids is 1. The third-order valence-electron chi connectivity index (χ3n) is 4.73. The van der Waals surface area contributed by atoms with Crippen molar-refractivity contribution in [2.75, 3.05) is 26.2 Å². The molecular formula is C16H27N5O. The van der Waals surface area contributed by atoms with Crippen molar-refractivity contribution in [3.63, 3.8) is 0 Å². The molecule has 2 aliphatic rings. The zero-order chi connectivity index (χ0) is 15.4. The largest absolute Gasteiger partial charge is 0.334 e. The highest BCUT2D eigenvalue weighted by Crippen LogP contribution is 2.20. The van der Waals surface area contributed by atoms with Crippen molar-refractivity contribution in [3.05, 3.63) is 18.5 Å². The highest BCUT2D eigenvalue weighted by Gasteiger charge is 2.29. The van der Waals surface area contributed by atoms with E-state index in [1.165, 1.54) is 32.4 Å². The van der Waals surface area contributed by atoms with Gasteiger partial charge in [-0.05, 0) is 51.8 Å². The Hall–Kier alpha value is -1.56. The van der Waals surface area contributed by atoms with Gasteiger partial charge in [-0.15, -0.1) is 0 Å². The van der Waals surface area contributed by atoms with Crippen LogP contribution in [0, 0.1) is 0 Å². The third kappa shape index (κ3) is 3.80. The second-order valence-electron chi connectivity index (χ2n) is 6.56. The molecular weight excluding hydrogens is 278 g/mol. The van der Waals surface area contributed by atoms with E-state index in [-0.39, 0.29) is 12.1 Å². The fourth-order valence-electron chi connectivity index (χ4n) is 3.58. The minimum atomic E-state index is 0.0727. The quantitative estimate of drug-likeness (QED) is 0.918. The molecule has 6 heteroatoms. The highest BCUT2D eigenvalue weighted by molar-refractivity contribution is 5.74. The van der Waals surface area contributed by atoms with Gasteiger partial charge >= 0.3 is 6.03 Å². The van der Waals surface area contributed by atoms with Crippen LogP contribution in [0.5, 0.6) is 0 Å². The molecule has 2 aliphatic heterocycles. The lowest BCUT2D eigenvalue weighted by atomic mass is 10.0. The van der Waals surface area contributed by atoms with Gasteiger partial charge in [-0.25, -0.2) is 4.79 Å². The Balaban J connectivity index is 1.48. The van der Waals surface area contributed by atoms with Crippen LogP contribution in [0.1, 0.15) is 32.6 Å². The first-order valence-corrected chi connectivity index (χ1v) is 8.49. The number of hydrogen-bond donors (Lipinski definition) is 1. The van der Waals surface area contributed by atoms with E-state index in [2.05, 4.69) is 15.3 Å². The molecule has 0 saturated carbocycles. The number of rotatable bonds is 4. The van der Waals surface area contributed by atoms with Crippen molar-refractivity contribution in [2.24, 2.45) is 0 Å². The third-order valence-corrected chi connectivity index (χ3v) is 4.73. The van der Waals surface area contributed by atoms with Crippen molar-refractivity contribution in [1.82, 2.24) is 24.9 Å². The van der Waals surface area contributed by atoms with E-state index < -0.39 is 0 Å². The molecule has 0 radical (unpaired) electrons. The number of amides is 2. The molecule has 2 atom stereocenters. The molecule has 1 aromatic heterocycles. The summed E-state index contributed by atoms with van der Waals surface area (Å²) in [6.45, 7) is 6.90. The van der Waals surface area contributed by atoms with Crippen molar-refractivity contribution in [2.45, 2.75) is 51.2 Å². The van der Waals surface area contributed by atoms with Gasteiger partial charge in [-0.1, -0.05) is 0 Å². The number of hydrogen-bond acceptors (Lipinski definition) is 3. The maximum Gasteiger partial charge on any atom is 0.317 e. The molecule has 2 amide bonds. The van der Waals surface area contributed by atoms with Gasteiger partial charge in [-0.3, -0.25) is 9.58 Å². The topological polar surface area (TPSA) is 53.4 Å². The lowest BCUT2D eigenvalue weighted by Gasteiger charge is -2.38. The molecule has 2 saturated heterocycles. The molecule has 3 rings (SSSR count). The van der Waals surface area contributed by atoms with Crippen LogP contribution in [0.15, 0.2) is 18.5 Å². The number of likely N-dealkylation sites (tertiary alicyclic amines) is 2. The Morgan fingerprint density at radius 1 is 1.32 bits per heavy atom. The summed E-state index contributed by atoms with van der Waals surface area (Å²) in [5.74, 6) is 0. The van der Waals surface area contributed by atoms with E-state index in [0.717, 1.165) is 19.5 Å². The second kappa shape index (κ2) is 7.13. The van der Waals surface area contributed by atoms with Gasteiger partial charge in [0.25, 0.3) is 0 Å². The fraction of sp³-hybridized carbons (Fsp3) is 0.750. The van der Waals surface area contributed by atoms with E-state index in [0.29, 0.717) is 12.6 Å². The van der Waals surface area contributed by atoms with E-state index >= 15 is 0 Å². The van der Waals surface area contributed by atoms with Crippen LogP contribution in [-0.4, -0.2) is 63.9 Å². The highest BCUT2D eigenvalue weighted by atomic mass is 16.2. The Labute approximate surface area is 132 Å². The summed E-state index contributed by atoms with van der Waals surface area (Å²) in [4.78, 5) is 17.0. The smallest absolute Gasteiger partial charge is 0.317 e. The fourth-order valence-corrected chi connectivity index (χ4v) is 3.58. The van der Waals surface area contributed by atoms with Crippen LogP contribution in [0.25, 0.3) is 0 Å². The predicted octanol–water partition coefficient (Wildman–Crippen LogP) is 1.54. The van der Waals surface area contributed by atoms with Crippen molar-refractivity contribution in [1.29, 1.82) is 0 Å². The molecule has 0 aromatic carbocycles. The lowest BCUT2D eigenvalue weighted by Crippen LogP contribution is -2.53. The van der Waals surface area contributed by atoms with Crippen LogP contribution in [-0.2, 0) is 6.54 Å². The van der Waals surface area contributed by atoms with Crippen LogP contribution in [0.3, 0.4) is 0 Å². The summed E-state index contributed by atoms with van der Waals surface area (Å²) in [6, 6.07) is 2.62. The second-order valence-corrected chi connectivity index (χ2v) is 6.56. The van der Waals surface area contributed by atoms with E-state index in [1.807, 2.05) is 28.8 Å². The van der Waals surface area contributed by atoms with Gasteiger partial charge in [0.2, 0.25) is 0 Å². The zero-order valence-electron chi connectivity index (χ0n) is 13.4. The zero-order valence-corrected chi connectivity index (χ0v) is 13.4. The molecule has 0 bridgehead atoms. The summed E-state index contributed by atoms with van der Waals surface area (Å²) < 4.78 is 1.86. The number of nitrogens with zero attached hydrogens (tertiary/aromatic N) is 4. The first kappa shape index (κ1) is 15.3. The minimum Gasteiger partial charge on any atom is -0.334 e. The van der Waals surface area contributed by atoms with Gasteiger partial charge in [0.05, 0.1) is 6.54 Å². The average Bonchev–Trinajstić information content (AvgIpc) is 3.20. The SMILES string of the molecule is C[C@@H](Cn1cccn1)NC(=O)N1CCC[C@@H](N2CCCC2)C1. The molecule has 22 heavy (non-hydrogen) atoms. The summed E-state index contributed by atoms with van der Waals surface area (Å²) in [5.41, 5.74) is 0. The maximum absolute atomic E-state index is 12.5. The average molecular weight is 305 g/mol. The molecule has 0 spiro atoms. The van der Waals surface area contributed by atoms with E-state index in [9.17, 15) is 4.79 Å². The number of urea groups is 1. The van der Waals surface area contributed by atoms with Gasteiger partial charge in [-0.2, -0.15) is 5.10 Å². The van der Waals surface area contributed by atoms with Crippen molar-refractivity contribution < 1.29 is 4.79 Å². The predicted molar refractivity (Wildman–Crippen MR) is 85.6 cm³/mol. The van der Waals surface area contributed by atoms with Crippen LogP contribution in [0.2, 0.25) is 0 Å². The van der Waals surface area contributed by atoms with Gasteiger partial charge < -0.3 is 10.2 Å². The van der Waals surface area contributed by atoms with Gasteiger partial charge in [0, 0.05) is 37.6 Å². The Morgan fingerprint density at radius 2 is 2.14 bits per heavy atom. The van der Waals surface area contributed by atoms with Crippen molar-refractivity contribution in [3.8, 4) is 0 Å². The lowest BCUT2D eigenvalue weighted by molar-refractivity contribution is 0.123. The Kier molecular flexibility index (Phi) is 4.97. The monoisotopic (exact) mass is 305 g/mol. The Morgan fingerprint density at radius 3 is 2.86 bits per heavy atom. The number of aromatic nitrogens is 2. The molecule has 0 aliphatic carbocycles. The van der Waals surface area contributed by atoms with Crippen molar-refractivity contribution >= 4 is 6.03 Å². The minimum absolute atomic E-state index is 0.0727. The molecule has 122 valence electrons. The number of nitrogens with one attached hydrogen (secondary N) is 1. The van der Waals surface area contributed by atoms with E-state index in [1.54, 1.807) is 6.20 Å². The summed E-state index contributed by atoms with van der Waals surface area (Å²) in [6.07, 6.45) is 8.65. The standard InChI is InChI=1S/C16H27N5O/c1-14(12-21-11-5-7-17-21)18-16(22)20-10-4-6-15(13-20)19-8-2-3-9-19/h5,7,11,14-15H,2-4,6,8-10,12-13H2,1H3,(H,18,22)/t14-,15+/m0/s1. The van der Waals surface area contributed by atoms with Gasteiger partial charge in [0.1, 0.15) is 0 Å². The summed E-state index contributed by atoms with van der Waals surface area (Å²) >= 11 is 0. The number of piperidine rings is 1. The first-order chi connectivity index (χ1) is 10.7. The molecule has 3 heterocycles. The molecule has 6 nitrogen and oxygen atoms in total. The van der Waals surface area contributed by atoms with E-state index in [4.69, 9.17) is 0 Å². The number of carbonyl (C=O) groups is 1. The molecule has 0 unspecified atom stereocenters. The first-order valence-electron chi connectivity index (χ1n) is 8.49. The van der Waals surface area contributed by atoms with Gasteiger partial charge in [0.15, 0.2) is 0 Å². The Bertz CT molecular complexity index is 469. The van der Waals surface area contributed by atoms with Crippen LogP contribution < -0.4 is 5.32 Å². The van der Waals surface area contributed by atoms with Crippen LogP contribution in [0.4, 0.5) is 4.79 Å². The molecule has 1 N–H and O–H groups in total. The van der Waals surface area contributed by atoms with Crippen LogP contribution >= 0.6 is 0 Å². The normalized spacial score (nSPS) is 24.4. The molecule has 1 aromatic rings.